The highest BCUT2D eigenvalue weighted by Crippen LogP contribution is 2.44. The zero-order valence-electron chi connectivity index (χ0n) is 24.4. The van der Waals surface area contributed by atoms with Crippen LogP contribution in [0.3, 0.4) is 0 Å². The molecule has 220 valence electrons. The first-order valence-corrected chi connectivity index (χ1v) is 14.9. The van der Waals surface area contributed by atoms with E-state index in [4.69, 9.17) is 9.47 Å². The minimum absolute atomic E-state index is 0.0617. The highest BCUT2D eigenvalue weighted by molar-refractivity contribution is 7.17. The van der Waals surface area contributed by atoms with Crippen molar-refractivity contribution in [1.29, 1.82) is 0 Å². The van der Waals surface area contributed by atoms with Crippen LogP contribution in [0.2, 0.25) is 0 Å². The predicted octanol–water partition coefficient (Wildman–Crippen LogP) is 6.70. The Morgan fingerprint density at radius 2 is 1.67 bits per heavy atom. The number of carbonyl (C=O) groups excluding carboxylic acids is 3. The van der Waals surface area contributed by atoms with E-state index in [0.717, 1.165) is 34.4 Å². The second-order valence-electron chi connectivity index (χ2n) is 10.1. The molecule has 4 aromatic rings. The van der Waals surface area contributed by atoms with Gasteiger partial charge < -0.3 is 14.6 Å². The second kappa shape index (κ2) is 12.6. The van der Waals surface area contributed by atoms with Crippen LogP contribution in [0, 0.1) is 13.8 Å². The van der Waals surface area contributed by atoms with E-state index in [1.54, 1.807) is 38.1 Å². The van der Waals surface area contributed by atoms with Crippen LogP contribution in [-0.2, 0) is 27.4 Å². The monoisotopic (exact) mass is 596 g/mol. The van der Waals surface area contributed by atoms with E-state index in [1.807, 2.05) is 62.4 Å². The molecule has 1 amide bonds. The van der Waals surface area contributed by atoms with E-state index >= 15 is 0 Å². The lowest BCUT2D eigenvalue weighted by Gasteiger charge is -2.23. The minimum Gasteiger partial charge on any atom is -0.507 e. The van der Waals surface area contributed by atoms with Gasteiger partial charge in [0, 0.05) is 5.56 Å². The smallest absolute Gasteiger partial charge is 0.350 e. The summed E-state index contributed by atoms with van der Waals surface area (Å²) in [5.41, 5.74) is 4.58. The number of benzene rings is 3. The van der Waals surface area contributed by atoms with Crippen molar-refractivity contribution in [2.75, 3.05) is 11.5 Å². The summed E-state index contributed by atoms with van der Waals surface area (Å²) in [7, 11) is 0. The van der Waals surface area contributed by atoms with Gasteiger partial charge in [0.1, 0.15) is 23.0 Å². The molecule has 0 spiro atoms. The number of hydrogen-bond acceptors (Lipinski definition) is 8. The first-order valence-electron chi connectivity index (χ1n) is 14.1. The molecule has 0 saturated carbocycles. The number of aliphatic hydroxyl groups is 1. The maximum atomic E-state index is 13.5. The number of rotatable bonds is 9. The fraction of sp³-hybridized carbons (Fsp3) is 0.235. The molecule has 8 nitrogen and oxygen atoms in total. The van der Waals surface area contributed by atoms with Crippen molar-refractivity contribution >= 4 is 39.9 Å². The summed E-state index contributed by atoms with van der Waals surface area (Å²) >= 11 is 0.979. The summed E-state index contributed by atoms with van der Waals surface area (Å²) in [4.78, 5) is 45.6. The Kier molecular flexibility index (Phi) is 8.73. The highest BCUT2D eigenvalue weighted by atomic mass is 32.1. The van der Waals surface area contributed by atoms with Crippen molar-refractivity contribution in [2.24, 2.45) is 0 Å². The van der Waals surface area contributed by atoms with E-state index in [-0.39, 0.29) is 27.9 Å². The molecule has 1 aromatic heterocycles. The lowest BCUT2D eigenvalue weighted by Crippen LogP contribution is -2.29. The molecule has 43 heavy (non-hydrogen) atoms. The zero-order valence-corrected chi connectivity index (χ0v) is 25.2. The number of Topliss-reactive ketones (excluding diaryl/α,β-unsaturated/α-hetero) is 1. The van der Waals surface area contributed by atoms with Gasteiger partial charge in [0.05, 0.1) is 23.9 Å². The number of thiazole rings is 1. The first-order chi connectivity index (χ1) is 20.7. The van der Waals surface area contributed by atoms with Crippen molar-refractivity contribution < 1.29 is 29.0 Å². The molecule has 1 aliphatic heterocycles. The Morgan fingerprint density at radius 1 is 0.977 bits per heavy atom. The Morgan fingerprint density at radius 3 is 2.33 bits per heavy atom. The molecular formula is C34H32N2O6S. The predicted molar refractivity (Wildman–Crippen MR) is 165 cm³/mol. The van der Waals surface area contributed by atoms with Crippen molar-refractivity contribution in [1.82, 2.24) is 4.98 Å². The molecule has 3 aromatic carbocycles. The van der Waals surface area contributed by atoms with Crippen molar-refractivity contribution in [2.45, 2.75) is 46.8 Å². The van der Waals surface area contributed by atoms with Crippen LogP contribution in [0.15, 0.2) is 78.4 Å². The van der Waals surface area contributed by atoms with Gasteiger partial charge in [-0.15, -0.1) is 0 Å². The fourth-order valence-corrected chi connectivity index (χ4v) is 5.94. The number of anilines is 1. The minimum atomic E-state index is -0.955. The molecule has 1 saturated heterocycles. The van der Waals surface area contributed by atoms with Crippen molar-refractivity contribution in [3.8, 4) is 5.75 Å². The molecule has 1 fully saturated rings. The van der Waals surface area contributed by atoms with Gasteiger partial charge in [-0.3, -0.25) is 14.5 Å². The van der Waals surface area contributed by atoms with Crippen molar-refractivity contribution in [3.63, 3.8) is 0 Å². The lowest BCUT2D eigenvalue weighted by molar-refractivity contribution is -0.132. The van der Waals surface area contributed by atoms with E-state index in [2.05, 4.69) is 4.98 Å². The molecule has 1 N–H and O–H groups in total. The number of carbonyl (C=O) groups is 3. The van der Waals surface area contributed by atoms with Gasteiger partial charge in [-0.05, 0) is 73.7 Å². The van der Waals surface area contributed by atoms with Crippen LogP contribution >= 0.6 is 11.3 Å². The topological polar surface area (TPSA) is 106 Å². The maximum absolute atomic E-state index is 13.5. The van der Waals surface area contributed by atoms with Crippen LogP contribution in [0.25, 0.3) is 5.76 Å². The number of nitrogens with zero attached hydrogens (tertiary/aromatic N) is 2. The maximum Gasteiger partial charge on any atom is 0.350 e. The first kappa shape index (κ1) is 29.7. The van der Waals surface area contributed by atoms with Gasteiger partial charge in [0.15, 0.2) is 5.13 Å². The van der Waals surface area contributed by atoms with Gasteiger partial charge in [-0.25, -0.2) is 9.78 Å². The number of amides is 1. The summed E-state index contributed by atoms with van der Waals surface area (Å²) in [6, 6.07) is 21.2. The second-order valence-corrected chi connectivity index (χ2v) is 11.1. The summed E-state index contributed by atoms with van der Waals surface area (Å²) < 4.78 is 11.1. The molecule has 1 aliphatic rings. The molecule has 2 heterocycles. The van der Waals surface area contributed by atoms with Crippen LogP contribution < -0.4 is 9.64 Å². The average molecular weight is 597 g/mol. The van der Waals surface area contributed by atoms with Gasteiger partial charge in [-0.1, -0.05) is 66.8 Å². The van der Waals surface area contributed by atoms with Crippen LogP contribution in [-0.4, -0.2) is 34.4 Å². The summed E-state index contributed by atoms with van der Waals surface area (Å²) in [6.07, 6.45) is 0.813. The number of ketones is 1. The molecule has 1 unspecified atom stereocenters. The number of aromatic nitrogens is 1. The molecule has 9 heteroatoms. The molecular weight excluding hydrogens is 564 g/mol. The molecule has 0 aliphatic carbocycles. The van der Waals surface area contributed by atoms with E-state index < -0.39 is 23.7 Å². The standard InChI is InChI=1S/C34H32N2O6S/c1-5-22-11-13-23(14-12-22)28-27(30(38)32(39)36(28)34-35-21(4)31(43-34)33(40)41-6-2)29(37)24-15-17-26(18-16-24)42-19-25-10-8-7-9-20(25)3/h7-18,28,37H,5-6,19H2,1-4H3. The molecule has 1 atom stereocenters. The van der Waals surface area contributed by atoms with Gasteiger partial charge >= 0.3 is 11.9 Å². The Bertz CT molecular complexity index is 1710. The van der Waals surface area contributed by atoms with E-state index in [0.29, 0.717) is 29.2 Å². The quantitative estimate of drug-likeness (QED) is 0.0991. The van der Waals surface area contributed by atoms with Crippen LogP contribution in [0.5, 0.6) is 5.75 Å². The third kappa shape index (κ3) is 5.94. The van der Waals surface area contributed by atoms with Crippen LogP contribution in [0.1, 0.15) is 63.1 Å². The van der Waals surface area contributed by atoms with E-state index in [9.17, 15) is 19.5 Å². The van der Waals surface area contributed by atoms with Gasteiger partial charge in [-0.2, -0.15) is 0 Å². The summed E-state index contributed by atoms with van der Waals surface area (Å²) in [5.74, 6) is -1.94. The van der Waals surface area contributed by atoms with Crippen molar-refractivity contribution in [3.05, 3.63) is 117 Å². The highest BCUT2D eigenvalue weighted by Gasteiger charge is 2.48. The number of aryl methyl sites for hydroxylation is 3. The van der Waals surface area contributed by atoms with Gasteiger partial charge in [0.25, 0.3) is 5.78 Å². The Balaban J connectivity index is 1.53. The lowest BCUT2D eigenvalue weighted by atomic mass is 9.94. The normalized spacial score (nSPS) is 16.0. The number of aliphatic hydroxyl groups excluding tert-OH is 1. The largest absolute Gasteiger partial charge is 0.507 e. The SMILES string of the molecule is CCOC(=O)c1sc(N2C(=O)C(=O)C(=C(O)c3ccc(OCc4ccccc4C)cc3)C2c2ccc(CC)cc2)nc1C. The Hall–Kier alpha value is -4.76. The van der Waals surface area contributed by atoms with Crippen LogP contribution in [0.4, 0.5) is 5.13 Å². The molecule has 0 bridgehead atoms. The third-order valence-corrected chi connectivity index (χ3v) is 8.52. The molecule has 5 rings (SSSR count). The number of esters is 1. The third-order valence-electron chi connectivity index (χ3n) is 7.38. The summed E-state index contributed by atoms with van der Waals surface area (Å²) in [5, 5.41) is 11.7. The zero-order chi connectivity index (χ0) is 30.7. The Labute approximate surface area is 254 Å². The average Bonchev–Trinajstić information content (AvgIpc) is 3.53. The van der Waals surface area contributed by atoms with E-state index in [1.165, 1.54) is 4.90 Å². The number of hydrogen-bond donors (Lipinski definition) is 1. The number of ether oxygens (including phenoxy) is 2. The van der Waals surface area contributed by atoms with Gasteiger partial charge in [0.2, 0.25) is 0 Å². The molecule has 0 radical (unpaired) electrons. The summed E-state index contributed by atoms with van der Waals surface area (Å²) in [6.45, 7) is 7.98. The fourth-order valence-electron chi connectivity index (χ4n) is 4.95.